The number of fused-ring (bicyclic) bond motifs is 3. The minimum atomic E-state index is 0.807. The first-order valence-corrected chi connectivity index (χ1v) is 6.25. The number of hydrogen-bond acceptors (Lipinski definition) is 2. The van der Waals surface area contributed by atoms with Gasteiger partial charge in [0.15, 0.2) is 5.76 Å². The molecule has 0 amide bonds. The maximum atomic E-state index is 5.51. The highest BCUT2D eigenvalue weighted by atomic mass is 16.3. The van der Waals surface area contributed by atoms with E-state index in [1.54, 1.807) is 6.26 Å². The summed E-state index contributed by atoms with van der Waals surface area (Å²) in [4.78, 5) is 4.75. The summed E-state index contributed by atoms with van der Waals surface area (Å²) in [6.45, 7) is 0. The van der Waals surface area contributed by atoms with Crippen molar-refractivity contribution in [3.05, 3.63) is 66.9 Å². The van der Waals surface area contributed by atoms with E-state index in [0.717, 1.165) is 22.4 Å². The number of hydrogen-bond donors (Lipinski definition) is 0. The summed E-state index contributed by atoms with van der Waals surface area (Å²) in [5.41, 5.74) is 1.90. The molecule has 2 nitrogen and oxygen atoms in total. The molecule has 2 aromatic heterocycles. The Kier molecular flexibility index (Phi) is 2.15. The lowest BCUT2D eigenvalue weighted by Crippen LogP contribution is -1.87. The highest BCUT2D eigenvalue weighted by Crippen LogP contribution is 2.32. The Bertz CT molecular complexity index is 863. The lowest BCUT2D eigenvalue weighted by atomic mass is 10.0. The molecule has 2 heterocycles. The Morgan fingerprint density at radius 2 is 1.42 bits per heavy atom. The van der Waals surface area contributed by atoms with Crippen LogP contribution in [0.1, 0.15) is 0 Å². The van der Waals surface area contributed by atoms with Crippen LogP contribution >= 0.6 is 0 Å². The van der Waals surface area contributed by atoms with Gasteiger partial charge in [0.25, 0.3) is 0 Å². The number of benzene rings is 2. The maximum Gasteiger partial charge on any atom is 0.152 e. The van der Waals surface area contributed by atoms with Crippen molar-refractivity contribution >= 4 is 21.7 Å². The van der Waals surface area contributed by atoms with Crippen LogP contribution in [-0.4, -0.2) is 4.98 Å². The molecule has 0 saturated carbocycles. The molecule has 2 heteroatoms. The van der Waals surface area contributed by atoms with Crippen LogP contribution < -0.4 is 0 Å². The molecule has 19 heavy (non-hydrogen) atoms. The van der Waals surface area contributed by atoms with Gasteiger partial charge in [-0.2, -0.15) is 0 Å². The van der Waals surface area contributed by atoms with Crippen molar-refractivity contribution in [1.82, 2.24) is 4.98 Å². The van der Waals surface area contributed by atoms with E-state index in [9.17, 15) is 0 Å². The largest absolute Gasteiger partial charge is 0.463 e. The Hall–Kier alpha value is -2.61. The molecule has 0 N–H and O–H groups in total. The van der Waals surface area contributed by atoms with Crippen molar-refractivity contribution in [2.45, 2.75) is 0 Å². The number of nitrogens with zero attached hydrogens (tertiary/aromatic N) is 1. The van der Waals surface area contributed by atoms with Crippen molar-refractivity contribution < 1.29 is 4.42 Å². The van der Waals surface area contributed by atoms with Gasteiger partial charge in [0, 0.05) is 10.8 Å². The molecule has 0 bridgehead atoms. The molecule has 0 saturated heterocycles. The number of pyridine rings is 1. The third-order valence-electron chi connectivity index (χ3n) is 3.36. The summed E-state index contributed by atoms with van der Waals surface area (Å²) in [6.07, 6.45) is 1.68. The summed E-state index contributed by atoms with van der Waals surface area (Å²) >= 11 is 0. The highest BCUT2D eigenvalue weighted by Gasteiger charge is 2.10. The minimum Gasteiger partial charge on any atom is -0.463 e. The van der Waals surface area contributed by atoms with Gasteiger partial charge in [-0.3, -0.25) is 0 Å². The Morgan fingerprint density at radius 1 is 0.684 bits per heavy atom. The van der Waals surface area contributed by atoms with Gasteiger partial charge >= 0.3 is 0 Å². The molecular formula is C17H11NO. The average Bonchev–Trinajstić information content (AvgIpc) is 3.00. The van der Waals surface area contributed by atoms with E-state index in [2.05, 4.69) is 24.3 Å². The predicted octanol–water partition coefficient (Wildman–Crippen LogP) is 4.65. The summed E-state index contributed by atoms with van der Waals surface area (Å²) < 4.78 is 5.51. The highest BCUT2D eigenvalue weighted by molar-refractivity contribution is 6.10. The Balaban J connectivity index is 2.22. The normalized spacial score (nSPS) is 11.2. The van der Waals surface area contributed by atoms with E-state index < -0.39 is 0 Å². The van der Waals surface area contributed by atoms with Crippen LogP contribution in [0.25, 0.3) is 33.1 Å². The summed E-state index contributed by atoms with van der Waals surface area (Å²) in [5.74, 6) is 0.807. The molecule has 90 valence electrons. The third-order valence-corrected chi connectivity index (χ3v) is 3.36. The van der Waals surface area contributed by atoms with Crippen molar-refractivity contribution in [2.75, 3.05) is 0 Å². The van der Waals surface area contributed by atoms with Gasteiger partial charge in [-0.15, -0.1) is 0 Å². The van der Waals surface area contributed by atoms with Crippen LogP contribution in [0.3, 0.4) is 0 Å². The van der Waals surface area contributed by atoms with E-state index >= 15 is 0 Å². The van der Waals surface area contributed by atoms with Crippen LogP contribution in [0.5, 0.6) is 0 Å². The van der Waals surface area contributed by atoms with Gasteiger partial charge in [0.2, 0.25) is 0 Å². The van der Waals surface area contributed by atoms with Crippen LogP contribution in [-0.2, 0) is 0 Å². The van der Waals surface area contributed by atoms with Gasteiger partial charge in [-0.1, -0.05) is 42.5 Å². The molecule has 0 fully saturated rings. The molecule has 2 aromatic carbocycles. The van der Waals surface area contributed by atoms with Crippen LogP contribution in [0, 0.1) is 0 Å². The summed E-state index contributed by atoms with van der Waals surface area (Å²) in [5, 5.41) is 3.50. The van der Waals surface area contributed by atoms with Crippen molar-refractivity contribution in [3.63, 3.8) is 0 Å². The topological polar surface area (TPSA) is 26.0 Å². The quantitative estimate of drug-likeness (QED) is 0.456. The fourth-order valence-corrected chi connectivity index (χ4v) is 2.51. The second-order valence-electron chi connectivity index (χ2n) is 4.50. The Morgan fingerprint density at radius 3 is 2.21 bits per heavy atom. The van der Waals surface area contributed by atoms with E-state index in [-0.39, 0.29) is 0 Å². The van der Waals surface area contributed by atoms with E-state index in [0.29, 0.717) is 0 Å². The standard InChI is InChI=1S/C17H11NO/c1-2-8-14-12(6-1)13-7-3-4-9-15(13)18-17(14)16-10-5-11-19-16/h1-11H. The molecular weight excluding hydrogens is 234 g/mol. The lowest BCUT2D eigenvalue weighted by Gasteiger charge is -2.07. The predicted molar refractivity (Wildman–Crippen MR) is 77.0 cm³/mol. The first-order chi connectivity index (χ1) is 9.43. The third kappa shape index (κ3) is 1.54. The van der Waals surface area contributed by atoms with Gasteiger partial charge in [0.1, 0.15) is 5.69 Å². The second-order valence-corrected chi connectivity index (χ2v) is 4.50. The fourth-order valence-electron chi connectivity index (χ4n) is 2.51. The van der Waals surface area contributed by atoms with E-state index in [4.69, 9.17) is 9.40 Å². The van der Waals surface area contributed by atoms with Gasteiger partial charge in [-0.05, 0) is 23.6 Å². The molecule has 4 aromatic rings. The molecule has 0 atom stereocenters. The molecule has 0 aliphatic carbocycles. The summed E-state index contributed by atoms with van der Waals surface area (Å²) in [6, 6.07) is 20.3. The van der Waals surface area contributed by atoms with Crippen molar-refractivity contribution in [3.8, 4) is 11.5 Å². The zero-order valence-electron chi connectivity index (χ0n) is 10.2. The number of para-hydroxylation sites is 1. The minimum absolute atomic E-state index is 0.807. The SMILES string of the molecule is c1coc(-c2nc3ccccc3c3ccccc23)c1. The van der Waals surface area contributed by atoms with Crippen LogP contribution in [0.15, 0.2) is 71.3 Å². The zero-order valence-corrected chi connectivity index (χ0v) is 10.2. The molecule has 0 spiro atoms. The van der Waals surface area contributed by atoms with Gasteiger partial charge < -0.3 is 4.42 Å². The van der Waals surface area contributed by atoms with Gasteiger partial charge in [-0.25, -0.2) is 4.98 Å². The number of rotatable bonds is 1. The van der Waals surface area contributed by atoms with E-state index in [1.165, 1.54) is 10.8 Å². The van der Waals surface area contributed by atoms with Gasteiger partial charge in [0.05, 0.1) is 11.8 Å². The monoisotopic (exact) mass is 245 g/mol. The lowest BCUT2D eigenvalue weighted by molar-refractivity contribution is 0.581. The van der Waals surface area contributed by atoms with Crippen LogP contribution in [0.2, 0.25) is 0 Å². The number of furan rings is 1. The van der Waals surface area contributed by atoms with Crippen molar-refractivity contribution in [2.24, 2.45) is 0 Å². The number of aromatic nitrogens is 1. The average molecular weight is 245 g/mol. The molecule has 0 aliphatic rings. The fraction of sp³-hybridized carbons (Fsp3) is 0. The summed E-state index contributed by atoms with van der Waals surface area (Å²) in [7, 11) is 0. The molecule has 4 rings (SSSR count). The smallest absolute Gasteiger partial charge is 0.152 e. The molecule has 0 aliphatic heterocycles. The van der Waals surface area contributed by atoms with E-state index in [1.807, 2.05) is 36.4 Å². The molecule has 0 unspecified atom stereocenters. The Labute approximate surface area is 110 Å². The second kappa shape index (κ2) is 3.95. The molecule has 0 radical (unpaired) electrons. The van der Waals surface area contributed by atoms with Crippen LogP contribution in [0.4, 0.5) is 0 Å². The first-order valence-electron chi connectivity index (χ1n) is 6.25. The maximum absolute atomic E-state index is 5.51. The first kappa shape index (κ1) is 10.3. The van der Waals surface area contributed by atoms with Crippen molar-refractivity contribution in [1.29, 1.82) is 0 Å². The zero-order chi connectivity index (χ0) is 12.7.